The van der Waals surface area contributed by atoms with Gasteiger partial charge in [0, 0.05) is 19.3 Å². The molecule has 0 fully saturated rings. The predicted octanol–water partition coefficient (Wildman–Crippen LogP) is 2.53. The molecule has 2 N–H and O–H groups in total. The number of carbonyl (C=O) groups is 2. The summed E-state index contributed by atoms with van der Waals surface area (Å²) >= 11 is 0. The van der Waals surface area contributed by atoms with Crippen molar-refractivity contribution in [2.24, 2.45) is 5.92 Å². The highest BCUT2D eigenvalue weighted by molar-refractivity contribution is 5.89. The van der Waals surface area contributed by atoms with Gasteiger partial charge in [0.1, 0.15) is 11.8 Å². The van der Waals surface area contributed by atoms with Crippen LogP contribution in [0.2, 0.25) is 0 Å². The molecule has 1 aromatic carbocycles. The maximum absolute atomic E-state index is 12.0. The van der Waals surface area contributed by atoms with Crippen LogP contribution in [0.15, 0.2) is 18.2 Å². The van der Waals surface area contributed by atoms with Crippen LogP contribution in [0, 0.1) is 17.2 Å². The standard InChI is InChI=1S/C16H21N3O4/c1-10(2)23-14-6-5-13(7-12(14)8-17)18-16(22)19(4)9-11(3)15(20)21/h5-7,10-11H,9H2,1-4H3,(H,18,22)(H,20,21). The van der Waals surface area contributed by atoms with Crippen molar-refractivity contribution in [3.05, 3.63) is 23.8 Å². The summed E-state index contributed by atoms with van der Waals surface area (Å²) < 4.78 is 5.51. The number of carboxylic acids is 1. The summed E-state index contributed by atoms with van der Waals surface area (Å²) in [5.41, 5.74) is 0.760. The van der Waals surface area contributed by atoms with Crippen molar-refractivity contribution in [2.75, 3.05) is 18.9 Å². The molecular weight excluding hydrogens is 298 g/mol. The van der Waals surface area contributed by atoms with E-state index in [2.05, 4.69) is 5.32 Å². The van der Waals surface area contributed by atoms with Gasteiger partial charge in [0.25, 0.3) is 0 Å². The van der Waals surface area contributed by atoms with Gasteiger partial charge >= 0.3 is 12.0 Å². The molecule has 0 bridgehead atoms. The van der Waals surface area contributed by atoms with E-state index in [9.17, 15) is 9.59 Å². The molecule has 0 saturated heterocycles. The van der Waals surface area contributed by atoms with Gasteiger partial charge in [-0.3, -0.25) is 4.79 Å². The predicted molar refractivity (Wildman–Crippen MR) is 85.4 cm³/mol. The Morgan fingerprint density at radius 2 is 2.04 bits per heavy atom. The Morgan fingerprint density at radius 1 is 1.39 bits per heavy atom. The zero-order valence-corrected chi connectivity index (χ0v) is 13.7. The third-order valence-electron chi connectivity index (χ3n) is 3.03. The highest BCUT2D eigenvalue weighted by Gasteiger charge is 2.17. The van der Waals surface area contributed by atoms with Gasteiger partial charge in [-0.15, -0.1) is 0 Å². The molecule has 1 aromatic rings. The lowest BCUT2D eigenvalue weighted by Gasteiger charge is -2.20. The van der Waals surface area contributed by atoms with E-state index in [-0.39, 0.29) is 12.6 Å². The molecule has 124 valence electrons. The Labute approximate surface area is 135 Å². The van der Waals surface area contributed by atoms with Crippen molar-refractivity contribution in [1.82, 2.24) is 4.90 Å². The number of nitriles is 1. The SMILES string of the molecule is CC(C)Oc1ccc(NC(=O)N(C)CC(C)C(=O)O)cc1C#N. The maximum atomic E-state index is 12.0. The molecule has 23 heavy (non-hydrogen) atoms. The highest BCUT2D eigenvalue weighted by atomic mass is 16.5. The van der Waals surface area contributed by atoms with Gasteiger partial charge in [0.05, 0.1) is 17.6 Å². The molecular formula is C16H21N3O4. The van der Waals surface area contributed by atoms with E-state index in [1.165, 1.54) is 24.9 Å². The first-order chi connectivity index (χ1) is 10.7. The zero-order valence-electron chi connectivity index (χ0n) is 13.7. The Bertz CT molecular complexity index is 622. The van der Waals surface area contributed by atoms with Gasteiger partial charge in [-0.05, 0) is 32.0 Å². The molecule has 0 spiro atoms. The fourth-order valence-corrected chi connectivity index (χ4v) is 1.84. The van der Waals surface area contributed by atoms with Crippen LogP contribution in [0.25, 0.3) is 0 Å². The number of carboxylic acid groups (broad SMARTS) is 1. The van der Waals surface area contributed by atoms with E-state index in [1.54, 1.807) is 12.1 Å². The number of carbonyl (C=O) groups excluding carboxylic acids is 1. The molecule has 1 rings (SSSR count). The third kappa shape index (κ3) is 5.51. The van der Waals surface area contributed by atoms with Crippen LogP contribution >= 0.6 is 0 Å². The molecule has 7 nitrogen and oxygen atoms in total. The fraction of sp³-hybridized carbons (Fsp3) is 0.438. The van der Waals surface area contributed by atoms with Crippen molar-refractivity contribution in [3.8, 4) is 11.8 Å². The van der Waals surface area contributed by atoms with Crippen LogP contribution in [0.4, 0.5) is 10.5 Å². The second kappa shape index (κ2) is 8.03. The third-order valence-corrected chi connectivity index (χ3v) is 3.03. The summed E-state index contributed by atoms with van der Waals surface area (Å²) in [5, 5.41) is 20.7. The summed E-state index contributed by atoms with van der Waals surface area (Å²) in [4.78, 5) is 24.1. The van der Waals surface area contributed by atoms with E-state index in [4.69, 9.17) is 15.1 Å². The highest BCUT2D eigenvalue weighted by Crippen LogP contribution is 2.23. The minimum absolute atomic E-state index is 0.0637. The van der Waals surface area contributed by atoms with Crippen molar-refractivity contribution in [2.45, 2.75) is 26.9 Å². The van der Waals surface area contributed by atoms with Crippen molar-refractivity contribution in [3.63, 3.8) is 0 Å². The number of benzene rings is 1. The van der Waals surface area contributed by atoms with Crippen LogP contribution in [0.5, 0.6) is 5.75 Å². The zero-order chi connectivity index (χ0) is 17.6. The largest absolute Gasteiger partial charge is 0.490 e. The molecule has 0 aromatic heterocycles. The van der Waals surface area contributed by atoms with Crippen molar-refractivity contribution >= 4 is 17.7 Å². The van der Waals surface area contributed by atoms with Crippen molar-refractivity contribution in [1.29, 1.82) is 5.26 Å². The summed E-state index contributed by atoms with van der Waals surface area (Å²) in [6.07, 6.45) is -0.0637. The average Bonchev–Trinajstić information content (AvgIpc) is 2.47. The van der Waals surface area contributed by atoms with Gasteiger partial charge in [0.15, 0.2) is 0 Å². The first-order valence-corrected chi connectivity index (χ1v) is 7.20. The number of hydrogen-bond donors (Lipinski definition) is 2. The number of rotatable bonds is 6. The molecule has 0 aliphatic rings. The number of urea groups is 1. The number of amides is 2. The number of ether oxygens (including phenoxy) is 1. The quantitative estimate of drug-likeness (QED) is 0.838. The van der Waals surface area contributed by atoms with E-state index >= 15 is 0 Å². The summed E-state index contributed by atoms with van der Waals surface area (Å²) in [6.45, 7) is 5.32. The molecule has 0 radical (unpaired) electrons. The second-order valence-electron chi connectivity index (χ2n) is 5.54. The Hall–Kier alpha value is -2.75. The minimum Gasteiger partial charge on any atom is -0.490 e. The number of anilines is 1. The van der Waals surface area contributed by atoms with Crippen molar-refractivity contribution < 1.29 is 19.4 Å². The van der Waals surface area contributed by atoms with Gasteiger partial charge in [-0.2, -0.15) is 5.26 Å². The number of aliphatic carboxylic acids is 1. The molecule has 1 atom stereocenters. The lowest BCUT2D eigenvalue weighted by atomic mass is 10.2. The molecule has 0 heterocycles. The number of hydrogen-bond acceptors (Lipinski definition) is 4. The molecule has 0 saturated carbocycles. The Kier molecular flexibility index (Phi) is 6.39. The lowest BCUT2D eigenvalue weighted by Crippen LogP contribution is -2.36. The monoisotopic (exact) mass is 319 g/mol. The van der Waals surface area contributed by atoms with E-state index in [0.717, 1.165) is 0 Å². The van der Waals surface area contributed by atoms with Gasteiger partial charge < -0.3 is 20.1 Å². The average molecular weight is 319 g/mol. The topological polar surface area (TPSA) is 103 Å². The summed E-state index contributed by atoms with van der Waals surface area (Å²) in [5.74, 6) is -1.18. The van der Waals surface area contributed by atoms with Crippen LogP contribution in [0.3, 0.4) is 0 Å². The lowest BCUT2D eigenvalue weighted by molar-refractivity contribution is -0.141. The Morgan fingerprint density at radius 3 is 2.57 bits per heavy atom. The Balaban J connectivity index is 2.79. The fourth-order valence-electron chi connectivity index (χ4n) is 1.84. The molecule has 2 amide bonds. The van der Waals surface area contributed by atoms with Crippen LogP contribution in [-0.2, 0) is 4.79 Å². The van der Waals surface area contributed by atoms with E-state index < -0.39 is 17.9 Å². The van der Waals surface area contributed by atoms with E-state index in [0.29, 0.717) is 17.0 Å². The summed E-state index contributed by atoms with van der Waals surface area (Å²) in [7, 11) is 1.51. The first kappa shape index (κ1) is 18.3. The molecule has 0 aliphatic carbocycles. The first-order valence-electron chi connectivity index (χ1n) is 7.20. The van der Waals surface area contributed by atoms with Gasteiger partial charge in [-0.1, -0.05) is 6.92 Å². The maximum Gasteiger partial charge on any atom is 0.321 e. The molecule has 7 heteroatoms. The number of nitrogens with zero attached hydrogens (tertiary/aromatic N) is 2. The molecule has 0 aliphatic heterocycles. The van der Waals surface area contributed by atoms with E-state index in [1.807, 2.05) is 19.9 Å². The second-order valence-corrected chi connectivity index (χ2v) is 5.54. The van der Waals surface area contributed by atoms with Crippen LogP contribution in [0.1, 0.15) is 26.3 Å². The normalized spacial score (nSPS) is 11.5. The van der Waals surface area contributed by atoms with Crippen LogP contribution < -0.4 is 10.1 Å². The van der Waals surface area contributed by atoms with Gasteiger partial charge in [-0.25, -0.2) is 4.79 Å². The van der Waals surface area contributed by atoms with Gasteiger partial charge in [0.2, 0.25) is 0 Å². The number of nitrogens with one attached hydrogen (secondary N) is 1. The molecule has 1 unspecified atom stereocenters. The minimum atomic E-state index is -0.966. The van der Waals surface area contributed by atoms with Crippen LogP contribution in [-0.4, -0.2) is 41.7 Å². The smallest absolute Gasteiger partial charge is 0.321 e. The summed E-state index contributed by atoms with van der Waals surface area (Å²) in [6, 6.07) is 6.35.